The average Bonchev–Trinajstić information content (AvgIpc) is 3.37. The smallest absolute Gasteiger partial charge is 0.338 e. The molecule has 2 N–H and O–H groups in total. The fourth-order valence-electron chi connectivity index (χ4n) is 4.07. The van der Waals surface area contributed by atoms with Gasteiger partial charge in [-0.3, -0.25) is 14.7 Å². The monoisotopic (exact) mass is 566 g/mol. The molecule has 35 heavy (non-hydrogen) atoms. The second kappa shape index (κ2) is 11.4. The van der Waals surface area contributed by atoms with E-state index >= 15 is 0 Å². The van der Waals surface area contributed by atoms with Gasteiger partial charge in [-0.2, -0.15) is 0 Å². The van der Waals surface area contributed by atoms with Gasteiger partial charge in [0.25, 0.3) is 0 Å². The molecule has 0 bridgehead atoms. The molecule has 0 amide bonds. The van der Waals surface area contributed by atoms with Crippen molar-refractivity contribution in [3.05, 3.63) is 61.9 Å². The number of amidine groups is 1. The summed E-state index contributed by atoms with van der Waals surface area (Å²) in [4.78, 5) is 35.2. The van der Waals surface area contributed by atoms with Crippen LogP contribution >= 0.6 is 27.3 Å². The van der Waals surface area contributed by atoms with E-state index in [1.807, 2.05) is 5.38 Å². The first-order chi connectivity index (χ1) is 16.9. The van der Waals surface area contributed by atoms with Crippen LogP contribution in [-0.4, -0.2) is 72.2 Å². The van der Waals surface area contributed by atoms with E-state index in [-0.39, 0.29) is 12.5 Å². The van der Waals surface area contributed by atoms with E-state index < -0.39 is 23.8 Å². The van der Waals surface area contributed by atoms with Crippen molar-refractivity contribution >= 4 is 45.0 Å². The Balaban J connectivity index is 1.70. The molecule has 9 nitrogen and oxygen atoms in total. The minimum atomic E-state index is -0.868. The van der Waals surface area contributed by atoms with Crippen molar-refractivity contribution in [3.8, 4) is 0 Å². The van der Waals surface area contributed by atoms with Gasteiger partial charge in [0.05, 0.1) is 25.4 Å². The molecule has 186 valence electrons. The largest absolute Gasteiger partial charge is 0.481 e. The molecule has 0 spiro atoms. The lowest BCUT2D eigenvalue weighted by Crippen LogP contribution is -2.46. The van der Waals surface area contributed by atoms with Gasteiger partial charge in [-0.1, -0.05) is 22.0 Å². The molecule has 2 atom stereocenters. The molecule has 0 unspecified atom stereocenters. The van der Waals surface area contributed by atoms with Crippen LogP contribution in [0, 0.1) is 5.82 Å². The zero-order chi connectivity index (χ0) is 24.9. The summed E-state index contributed by atoms with van der Waals surface area (Å²) in [5.74, 6) is -1.33. The van der Waals surface area contributed by atoms with Gasteiger partial charge in [-0.15, -0.1) is 11.3 Å². The molecular formula is C23H24BrFN4O5S. The molecule has 1 fully saturated rings. The van der Waals surface area contributed by atoms with Crippen LogP contribution in [0.4, 0.5) is 4.39 Å². The quantitative estimate of drug-likeness (QED) is 0.468. The number of hydrogen-bond acceptors (Lipinski definition) is 9. The van der Waals surface area contributed by atoms with Gasteiger partial charge >= 0.3 is 11.9 Å². The molecule has 1 aromatic heterocycles. The normalized spacial score (nSPS) is 20.8. The van der Waals surface area contributed by atoms with E-state index in [1.165, 1.54) is 30.6 Å². The topological polar surface area (TPSA) is 113 Å². The van der Waals surface area contributed by atoms with Crippen LogP contribution in [0.3, 0.4) is 0 Å². The lowest BCUT2D eigenvalue weighted by molar-refractivity contribution is -0.138. The molecule has 2 aliphatic heterocycles. The SMILES string of the molecule is COC(=O)C1=C(CN2CCO[C@@H](CCC(=O)O)C2)NC(c2nccs2)=N[C@@H]1c1ccc(F)cc1Br. The van der Waals surface area contributed by atoms with Gasteiger partial charge < -0.3 is 19.9 Å². The summed E-state index contributed by atoms with van der Waals surface area (Å²) in [7, 11) is 1.31. The first-order valence-electron chi connectivity index (χ1n) is 10.9. The Hall–Kier alpha value is -2.67. The Labute approximate surface area is 213 Å². The van der Waals surface area contributed by atoms with Gasteiger partial charge in [0.1, 0.15) is 11.9 Å². The van der Waals surface area contributed by atoms with Crippen LogP contribution in [-0.2, 0) is 19.1 Å². The number of ether oxygens (including phenoxy) is 2. The minimum absolute atomic E-state index is 0.0222. The van der Waals surface area contributed by atoms with Crippen LogP contribution in [0.2, 0.25) is 0 Å². The summed E-state index contributed by atoms with van der Waals surface area (Å²) >= 11 is 4.82. The molecule has 2 aliphatic rings. The number of halogens is 2. The number of hydrogen-bond donors (Lipinski definition) is 2. The number of carbonyl (C=O) groups is 2. The summed E-state index contributed by atoms with van der Waals surface area (Å²) in [6.45, 7) is 1.93. The second-order valence-corrected chi connectivity index (χ2v) is 9.80. The van der Waals surface area contributed by atoms with Gasteiger partial charge in [0.2, 0.25) is 0 Å². The summed E-state index contributed by atoms with van der Waals surface area (Å²) in [6.07, 6.45) is 1.87. The number of nitrogens with zero attached hydrogens (tertiary/aromatic N) is 3. The number of carbonyl (C=O) groups excluding carboxylic acids is 1. The highest BCUT2D eigenvalue weighted by Gasteiger charge is 2.35. The van der Waals surface area contributed by atoms with E-state index in [0.717, 1.165) is 0 Å². The van der Waals surface area contributed by atoms with Crippen molar-refractivity contribution in [3.63, 3.8) is 0 Å². The number of benzene rings is 1. The summed E-state index contributed by atoms with van der Waals surface area (Å²) in [5.41, 5.74) is 1.52. The predicted molar refractivity (Wildman–Crippen MR) is 131 cm³/mol. The van der Waals surface area contributed by atoms with Gasteiger partial charge in [0.15, 0.2) is 10.8 Å². The summed E-state index contributed by atoms with van der Waals surface area (Å²) in [5, 5.41) is 14.8. The third-order valence-corrected chi connectivity index (χ3v) is 7.17. The number of thiazole rings is 1. The number of aliphatic carboxylic acids is 1. The number of morpholine rings is 1. The predicted octanol–water partition coefficient (Wildman–Crippen LogP) is 3.13. The summed E-state index contributed by atoms with van der Waals surface area (Å²) < 4.78 is 25.2. The van der Waals surface area contributed by atoms with E-state index in [1.54, 1.807) is 12.3 Å². The molecule has 3 heterocycles. The minimum Gasteiger partial charge on any atom is -0.481 e. The van der Waals surface area contributed by atoms with Crippen LogP contribution in [0.1, 0.15) is 29.5 Å². The number of rotatable bonds is 8. The lowest BCUT2D eigenvalue weighted by Gasteiger charge is -2.35. The van der Waals surface area contributed by atoms with Gasteiger partial charge in [-0.25, -0.2) is 14.2 Å². The molecule has 12 heteroatoms. The number of aliphatic imine (C=N–C) groups is 1. The number of carboxylic acid groups (broad SMARTS) is 1. The van der Waals surface area contributed by atoms with Crippen LogP contribution in [0.5, 0.6) is 0 Å². The Morgan fingerprint density at radius 1 is 1.43 bits per heavy atom. The maximum Gasteiger partial charge on any atom is 0.338 e. The van der Waals surface area contributed by atoms with Crippen LogP contribution in [0.25, 0.3) is 0 Å². The van der Waals surface area contributed by atoms with Crippen molar-refractivity contribution in [1.82, 2.24) is 15.2 Å². The maximum absolute atomic E-state index is 13.8. The molecular weight excluding hydrogens is 543 g/mol. The number of methoxy groups -OCH3 is 1. The molecule has 1 saturated heterocycles. The first kappa shape index (κ1) is 25.4. The van der Waals surface area contributed by atoms with E-state index in [0.29, 0.717) is 64.8 Å². The summed E-state index contributed by atoms with van der Waals surface area (Å²) in [6, 6.07) is 3.50. The van der Waals surface area contributed by atoms with Crippen molar-refractivity contribution in [2.45, 2.75) is 25.0 Å². The zero-order valence-electron chi connectivity index (χ0n) is 18.9. The number of aromatic nitrogens is 1. The highest BCUT2D eigenvalue weighted by molar-refractivity contribution is 9.10. The fourth-order valence-corrected chi connectivity index (χ4v) is 5.23. The van der Waals surface area contributed by atoms with E-state index in [9.17, 15) is 14.0 Å². The number of esters is 1. The van der Waals surface area contributed by atoms with Gasteiger partial charge in [0, 0.05) is 47.8 Å². The molecule has 4 rings (SSSR count). The second-order valence-electron chi connectivity index (χ2n) is 8.05. The molecule has 0 radical (unpaired) electrons. The van der Waals surface area contributed by atoms with E-state index in [2.05, 4.69) is 31.1 Å². The van der Waals surface area contributed by atoms with Gasteiger partial charge in [-0.05, 0) is 24.1 Å². The highest BCUT2D eigenvalue weighted by atomic mass is 79.9. The Morgan fingerprint density at radius 2 is 2.26 bits per heavy atom. The number of nitrogens with one attached hydrogen (secondary N) is 1. The van der Waals surface area contributed by atoms with Crippen LogP contribution in [0.15, 0.2) is 50.5 Å². The zero-order valence-corrected chi connectivity index (χ0v) is 21.3. The van der Waals surface area contributed by atoms with Crippen LogP contribution < -0.4 is 5.32 Å². The molecule has 0 saturated carbocycles. The maximum atomic E-state index is 13.8. The molecule has 0 aliphatic carbocycles. The molecule has 2 aromatic rings. The fraction of sp³-hybridized carbons (Fsp3) is 0.391. The standard InChI is InChI=1S/C23H24BrFN4O5S/c1-33-23(32)19-17(12-29-7-8-34-14(11-29)3-5-18(30)31)27-21(22-26-6-9-35-22)28-20(19)15-4-2-13(25)10-16(15)24/h2,4,6,9-10,14,20H,3,5,7-8,11-12H2,1H3,(H,27,28)(H,30,31)/t14-,20+/m0/s1. The van der Waals surface area contributed by atoms with Crippen molar-refractivity contribution in [2.75, 3.05) is 33.4 Å². The third kappa shape index (κ3) is 6.13. The Kier molecular flexibility index (Phi) is 8.26. The number of carboxylic acids is 1. The van der Waals surface area contributed by atoms with E-state index in [4.69, 9.17) is 19.6 Å². The van der Waals surface area contributed by atoms with Crippen molar-refractivity contribution in [1.29, 1.82) is 0 Å². The van der Waals surface area contributed by atoms with Crippen molar-refractivity contribution in [2.24, 2.45) is 4.99 Å². The molecule has 1 aromatic carbocycles. The Morgan fingerprint density at radius 3 is 2.94 bits per heavy atom. The third-order valence-electron chi connectivity index (χ3n) is 5.71. The lowest BCUT2D eigenvalue weighted by atomic mass is 9.95. The van der Waals surface area contributed by atoms with Crippen molar-refractivity contribution < 1.29 is 28.6 Å². The highest BCUT2D eigenvalue weighted by Crippen LogP contribution is 2.37. The first-order valence-corrected chi connectivity index (χ1v) is 12.6. The Bertz CT molecular complexity index is 1160. The average molecular weight is 567 g/mol.